The van der Waals surface area contributed by atoms with Crippen molar-refractivity contribution in [1.82, 2.24) is 0 Å². The molecule has 4 heteroatoms. The van der Waals surface area contributed by atoms with E-state index in [4.69, 9.17) is 5.11 Å². The molecule has 0 unspecified atom stereocenters. The molecule has 1 rings (SSSR count). The van der Waals surface area contributed by atoms with Gasteiger partial charge in [-0.05, 0) is 24.5 Å². The molecule has 3 N–H and O–H groups in total. The normalized spacial score (nSPS) is 10.9. The number of rotatable bonds is 6. The van der Waals surface area contributed by atoms with Gasteiger partial charge in [0.25, 0.3) is 0 Å². The number of unbranched alkanes of at least 4 members (excludes halogenated alkanes) is 3. The van der Waals surface area contributed by atoms with E-state index in [-0.39, 0.29) is 11.3 Å². The Bertz CT molecular complexity index is 449. The Balaban J connectivity index is 2.89. The van der Waals surface area contributed by atoms with Gasteiger partial charge in [0.1, 0.15) is 17.1 Å². The van der Waals surface area contributed by atoms with Gasteiger partial charge in [0.2, 0.25) is 0 Å². The highest BCUT2D eigenvalue weighted by Crippen LogP contribution is 2.28. The van der Waals surface area contributed by atoms with Gasteiger partial charge in [-0.25, -0.2) is 4.79 Å². The molecule has 0 spiro atoms. The highest BCUT2D eigenvalue weighted by Gasteiger charge is 2.15. The smallest absolute Gasteiger partial charge is 0.340 e. The molecule has 18 heavy (non-hydrogen) atoms. The number of hydrogen-bond donors (Lipinski definition) is 3. The lowest BCUT2D eigenvalue weighted by Crippen LogP contribution is -2.00. The first-order valence-electron chi connectivity index (χ1n) is 6.02. The largest absolute Gasteiger partial charge is 0.508 e. The second-order valence-electron chi connectivity index (χ2n) is 4.13. The molecule has 0 radical (unpaired) electrons. The summed E-state index contributed by atoms with van der Waals surface area (Å²) >= 11 is 0. The Hall–Kier alpha value is -1.97. The van der Waals surface area contributed by atoms with Crippen LogP contribution in [0.25, 0.3) is 6.08 Å². The molecule has 0 aromatic heterocycles. The fraction of sp³-hybridized carbons (Fsp3) is 0.357. The fourth-order valence-electron chi connectivity index (χ4n) is 1.72. The number of phenols is 2. The molecule has 0 heterocycles. The lowest BCUT2D eigenvalue weighted by molar-refractivity contribution is 0.0693. The number of phenolic OH excluding ortho intramolecular Hbond substituents is 1. The molecule has 0 aliphatic carbocycles. The molecular weight excluding hydrogens is 232 g/mol. The number of carboxylic acid groups (broad SMARTS) is 1. The minimum atomic E-state index is -1.21. The summed E-state index contributed by atoms with van der Waals surface area (Å²) in [6.07, 6.45) is 7.63. The van der Waals surface area contributed by atoms with Gasteiger partial charge in [-0.3, -0.25) is 0 Å². The van der Waals surface area contributed by atoms with Gasteiger partial charge in [-0.1, -0.05) is 31.9 Å². The molecule has 1 aromatic carbocycles. The van der Waals surface area contributed by atoms with Crippen molar-refractivity contribution in [2.45, 2.75) is 32.6 Å². The van der Waals surface area contributed by atoms with Gasteiger partial charge in [-0.2, -0.15) is 0 Å². The number of allylic oxidation sites excluding steroid dienone is 1. The number of benzene rings is 1. The zero-order valence-electron chi connectivity index (χ0n) is 10.4. The molecule has 1 aromatic rings. The Morgan fingerprint density at radius 3 is 2.61 bits per heavy atom. The maximum Gasteiger partial charge on any atom is 0.340 e. The van der Waals surface area contributed by atoms with Crippen molar-refractivity contribution in [3.63, 3.8) is 0 Å². The number of carbonyl (C=O) groups is 1. The third kappa shape index (κ3) is 3.80. The van der Waals surface area contributed by atoms with Crippen LogP contribution in [0.2, 0.25) is 0 Å². The van der Waals surface area contributed by atoms with Gasteiger partial charge < -0.3 is 15.3 Å². The monoisotopic (exact) mass is 250 g/mol. The highest BCUT2D eigenvalue weighted by molar-refractivity contribution is 5.95. The van der Waals surface area contributed by atoms with Crippen molar-refractivity contribution in [2.24, 2.45) is 0 Å². The summed E-state index contributed by atoms with van der Waals surface area (Å²) in [6.45, 7) is 2.11. The molecule has 98 valence electrons. The minimum absolute atomic E-state index is 0.147. The highest BCUT2D eigenvalue weighted by atomic mass is 16.4. The van der Waals surface area contributed by atoms with Crippen molar-refractivity contribution in [3.8, 4) is 11.5 Å². The van der Waals surface area contributed by atoms with E-state index in [0.717, 1.165) is 31.7 Å². The molecule has 0 aliphatic rings. The van der Waals surface area contributed by atoms with Crippen LogP contribution in [0.1, 0.15) is 48.5 Å². The fourth-order valence-corrected chi connectivity index (χ4v) is 1.72. The van der Waals surface area contributed by atoms with Crippen LogP contribution in [0.4, 0.5) is 0 Å². The summed E-state index contributed by atoms with van der Waals surface area (Å²) in [5.41, 5.74) is 0.135. The Morgan fingerprint density at radius 2 is 2.00 bits per heavy atom. The number of carboxylic acids is 1. The second-order valence-corrected chi connectivity index (χ2v) is 4.13. The van der Waals surface area contributed by atoms with Gasteiger partial charge in [0, 0.05) is 6.07 Å². The van der Waals surface area contributed by atoms with Crippen LogP contribution in [0, 0.1) is 0 Å². The lowest BCUT2D eigenvalue weighted by Gasteiger charge is -2.05. The maximum atomic E-state index is 11.0. The summed E-state index contributed by atoms with van der Waals surface area (Å²) < 4.78 is 0. The molecule has 0 fully saturated rings. The van der Waals surface area contributed by atoms with Crippen LogP contribution < -0.4 is 0 Å². The van der Waals surface area contributed by atoms with Crippen LogP contribution in [0.5, 0.6) is 11.5 Å². The van der Waals surface area contributed by atoms with E-state index in [0.29, 0.717) is 5.56 Å². The molecule has 0 amide bonds. The summed E-state index contributed by atoms with van der Waals surface area (Å²) in [7, 11) is 0. The van der Waals surface area contributed by atoms with Gasteiger partial charge in [-0.15, -0.1) is 0 Å². The molecule has 0 aliphatic heterocycles. The SMILES string of the molecule is CCCCC/C=C/c1cc(O)cc(O)c1C(=O)O. The van der Waals surface area contributed by atoms with E-state index in [1.54, 1.807) is 6.08 Å². The molecular formula is C14H18O4. The summed E-state index contributed by atoms with van der Waals surface area (Å²) in [4.78, 5) is 11.0. The molecule has 0 atom stereocenters. The Labute approximate surface area is 106 Å². The number of hydrogen-bond acceptors (Lipinski definition) is 3. The Kier molecular flexibility index (Phi) is 5.24. The first-order chi connectivity index (χ1) is 8.56. The standard InChI is InChI=1S/C14H18O4/c1-2-3-4-5-6-7-10-8-11(15)9-12(16)13(10)14(17)18/h6-9,15-16H,2-5H2,1H3,(H,17,18)/b7-6+. The number of aromatic carboxylic acids is 1. The maximum absolute atomic E-state index is 11.0. The zero-order valence-corrected chi connectivity index (χ0v) is 10.4. The van der Waals surface area contributed by atoms with Crippen molar-refractivity contribution >= 4 is 12.0 Å². The summed E-state index contributed by atoms with van der Waals surface area (Å²) in [5, 5.41) is 27.9. The van der Waals surface area contributed by atoms with Crippen LogP contribution in [0.15, 0.2) is 18.2 Å². The average Bonchev–Trinajstić information content (AvgIpc) is 2.27. The first-order valence-corrected chi connectivity index (χ1v) is 6.02. The third-order valence-electron chi connectivity index (χ3n) is 2.62. The van der Waals surface area contributed by atoms with Crippen molar-refractivity contribution in [1.29, 1.82) is 0 Å². The average molecular weight is 250 g/mol. The summed E-state index contributed by atoms with van der Waals surface area (Å²) in [6, 6.07) is 2.36. The van der Waals surface area contributed by atoms with Crippen LogP contribution in [0.3, 0.4) is 0 Å². The first kappa shape index (κ1) is 14.1. The van der Waals surface area contributed by atoms with E-state index in [9.17, 15) is 15.0 Å². The Morgan fingerprint density at radius 1 is 1.28 bits per heavy atom. The molecule has 0 bridgehead atoms. The zero-order chi connectivity index (χ0) is 13.5. The van der Waals surface area contributed by atoms with Gasteiger partial charge in [0.05, 0.1) is 0 Å². The minimum Gasteiger partial charge on any atom is -0.508 e. The molecule has 0 saturated heterocycles. The lowest BCUT2D eigenvalue weighted by atomic mass is 10.0. The van der Waals surface area contributed by atoms with E-state index >= 15 is 0 Å². The van der Waals surface area contributed by atoms with Crippen LogP contribution >= 0.6 is 0 Å². The van der Waals surface area contributed by atoms with Crippen LogP contribution in [-0.2, 0) is 0 Å². The van der Waals surface area contributed by atoms with E-state index in [1.807, 2.05) is 6.08 Å². The summed E-state index contributed by atoms with van der Waals surface area (Å²) in [5.74, 6) is -1.78. The van der Waals surface area contributed by atoms with Crippen molar-refractivity contribution < 1.29 is 20.1 Å². The predicted molar refractivity (Wildman–Crippen MR) is 69.9 cm³/mol. The number of aromatic hydroxyl groups is 2. The van der Waals surface area contributed by atoms with Crippen molar-refractivity contribution in [3.05, 3.63) is 29.3 Å². The van der Waals surface area contributed by atoms with E-state index < -0.39 is 11.7 Å². The topological polar surface area (TPSA) is 77.8 Å². The molecule has 4 nitrogen and oxygen atoms in total. The predicted octanol–water partition coefficient (Wildman–Crippen LogP) is 3.39. The van der Waals surface area contributed by atoms with Crippen molar-refractivity contribution in [2.75, 3.05) is 0 Å². The van der Waals surface area contributed by atoms with Crippen LogP contribution in [-0.4, -0.2) is 21.3 Å². The van der Waals surface area contributed by atoms with E-state index in [1.165, 1.54) is 6.07 Å². The molecule has 0 saturated carbocycles. The van der Waals surface area contributed by atoms with Gasteiger partial charge >= 0.3 is 5.97 Å². The quantitative estimate of drug-likeness (QED) is 0.676. The van der Waals surface area contributed by atoms with E-state index in [2.05, 4.69) is 6.92 Å². The van der Waals surface area contributed by atoms with Gasteiger partial charge in [0.15, 0.2) is 0 Å². The second kappa shape index (κ2) is 6.69. The third-order valence-corrected chi connectivity index (χ3v) is 2.62.